The van der Waals surface area contributed by atoms with Gasteiger partial charge in [-0.05, 0) is 38.8 Å². The molecule has 0 spiro atoms. The number of hydrogen-bond donors (Lipinski definition) is 1. The lowest BCUT2D eigenvalue weighted by Gasteiger charge is -2.35. The highest BCUT2D eigenvalue weighted by molar-refractivity contribution is 5.27. The van der Waals surface area contributed by atoms with Gasteiger partial charge in [0.2, 0.25) is 0 Å². The molecule has 0 saturated carbocycles. The fourth-order valence-corrected chi connectivity index (χ4v) is 3.62. The number of aryl methyl sites for hydroxylation is 2. The summed E-state index contributed by atoms with van der Waals surface area (Å²) in [6.45, 7) is 12.8. The number of benzene rings is 1. The molecule has 2 atom stereocenters. The van der Waals surface area contributed by atoms with Crippen LogP contribution in [-0.4, -0.2) is 35.4 Å². The molecule has 2 heterocycles. The van der Waals surface area contributed by atoms with Gasteiger partial charge in [-0.25, -0.2) is 0 Å². The summed E-state index contributed by atoms with van der Waals surface area (Å²) in [5, 5.41) is 7.56. The van der Waals surface area contributed by atoms with E-state index in [4.69, 9.17) is 9.26 Å². The lowest BCUT2D eigenvalue weighted by Crippen LogP contribution is -2.45. The van der Waals surface area contributed by atoms with Crippen LogP contribution < -0.4 is 5.32 Å². The number of rotatable bonds is 6. The quantitative estimate of drug-likeness (QED) is 0.873. The van der Waals surface area contributed by atoms with Crippen molar-refractivity contribution in [1.82, 2.24) is 15.4 Å². The Labute approximate surface area is 150 Å². The first-order valence-corrected chi connectivity index (χ1v) is 9.10. The van der Waals surface area contributed by atoms with Gasteiger partial charge in [0.1, 0.15) is 5.76 Å². The molecule has 1 saturated heterocycles. The molecule has 5 nitrogen and oxygen atoms in total. The number of nitrogens with zero attached hydrogens (tertiary/aromatic N) is 2. The molecule has 0 amide bonds. The zero-order valence-electron chi connectivity index (χ0n) is 15.7. The Hall–Kier alpha value is -1.69. The maximum Gasteiger partial charge on any atom is 0.138 e. The maximum absolute atomic E-state index is 5.84. The summed E-state index contributed by atoms with van der Waals surface area (Å²) in [5.74, 6) is 0.898. The van der Waals surface area contributed by atoms with Gasteiger partial charge in [0.05, 0.1) is 17.9 Å². The molecule has 1 aliphatic rings. The molecule has 2 aromatic rings. The van der Waals surface area contributed by atoms with E-state index in [1.807, 2.05) is 13.8 Å². The van der Waals surface area contributed by atoms with Crippen molar-refractivity contribution in [2.24, 2.45) is 0 Å². The van der Waals surface area contributed by atoms with E-state index in [2.05, 4.69) is 53.5 Å². The zero-order chi connectivity index (χ0) is 17.8. The smallest absolute Gasteiger partial charge is 0.138 e. The average Bonchev–Trinajstić information content (AvgIpc) is 2.87. The highest BCUT2D eigenvalue weighted by Gasteiger charge is 2.22. The van der Waals surface area contributed by atoms with Crippen LogP contribution in [-0.2, 0) is 24.4 Å². The van der Waals surface area contributed by atoms with Crippen LogP contribution in [0.25, 0.3) is 0 Å². The molecule has 0 radical (unpaired) electrons. The molecule has 1 aromatic carbocycles. The van der Waals surface area contributed by atoms with E-state index in [1.54, 1.807) is 0 Å². The summed E-state index contributed by atoms with van der Waals surface area (Å²) in [6, 6.07) is 8.68. The van der Waals surface area contributed by atoms with Crippen LogP contribution in [0.1, 0.15) is 42.0 Å². The summed E-state index contributed by atoms with van der Waals surface area (Å²) in [4.78, 5) is 2.49. The van der Waals surface area contributed by atoms with Gasteiger partial charge >= 0.3 is 0 Å². The molecule has 1 fully saturated rings. The van der Waals surface area contributed by atoms with Crippen molar-refractivity contribution in [2.45, 2.75) is 59.5 Å². The van der Waals surface area contributed by atoms with Gasteiger partial charge in [0, 0.05) is 38.3 Å². The third-order valence-electron chi connectivity index (χ3n) is 4.81. The number of hydrogen-bond acceptors (Lipinski definition) is 5. The number of nitrogens with one attached hydrogen (secondary N) is 1. The predicted molar refractivity (Wildman–Crippen MR) is 98.2 cm³/mol. The van der Waals surface area contributed by atoms with Gasteiger partial charge in [-0.2, -0.15) is 0 Å². The van der Waals surface area contributed by atoms with E-state index in [9.17, 15) is 0 Å². The molecule has 1 N–H and O–H groups in total. The fraction of sp³-hybridized carbons (Fsp3) is 0.550. The minimum Gasteiger partial charge on any atom is -0.373 e. The van der Waals surface area contributed by atoms with Gasteiger partial charge in [-0.15, -0.1) is 0 Å². The van der Waals surface area contributed by atoms with Crippen LogP contribution in [0.3, 0.4) is 0 Å². The first-order chi connectivity index (χ1) is 12.0. The first kappa shape index (κ1) is 18.1. The molecule has 0 aliphatic carbocycles. The summed E-state index contributed by atoms with van der Waals surface area (Å²) >= 11 is 0. The van der Waals surface area contributed by atoms with E-state index in [-0.39, 0.29) is 0 Å². The third kappa shape index (κ3) is 4.69. The van der Waals surface area contributed by atoms with E-state index >= 15 is 0 Å². The second-order valence-corrected chi connectivity index (χ2v) is 7.13. The minimum absolute atomic E-state index is 0.300. The highest BCUT2D eigenvalue weighted by atomic mass is 16.5. The summed E-state index contributed by atoms with van der Waals surface area (Å²) in [7, 11) is 0. The number of ether oxygens (including phenoxy) is 1. The third-order valence-corrected chi connectivity index (χ3v) is 4.81. The largest absolute Gasteiger partial charge is 0.373 e. The Morgan fingerprint density at radius 1 is 1.08 bits per heavy atom. The highest BCUT2D eigenvalue weighted by Crippen LogP contribution is 2.17. The molecule has 1 aromatic heterocycles. The second-order valence-electron chi connectivity index (χ2n) is 7.13. The molecular weight excluding hydrogens is 314 g/mol. The minimum atomic E-state index is 0.300. The van der Waals surface area contributed by atoms with Crippen LogP contribution >= 0.6 is 0 Å². The Morgan fingerprint density at radius 2 is 1.76 bits per heavy atom. The van der Waals surface area contributed by atoms with E-state index < -0.39 is 0 Å². The van der Waals surface area contributed by atoms with Crippen molar-refractivity contribution in [3.8, 4) is 0 Å². The van der Waals surface area contributed by atoms with Gasteiger partial charge in [0.15, 0.2) is 0 Å². The molecule has 0 unspecified atom stereocenters. The summed E-state index contributed by atoms with van der Waals surface area (Å²) in [5.41, 5.74) is 4.86. The SMILES string of the molecule is Cc1noc(C)c1CNCc1ccccc1CN1C[C@@H](C)O[C@@H](C)C1. The Kier molecular flexibility index (Phi) is 5.89. The molecule has 1 aliphatic heterocycles. The van der Waals surface area contributed by atoms with Crippen molar-refractivity contribution in [3.05, 3.63) is 52.4 Å². The lowest BCUT2D eigenvalue weighted by molar-refractivity contribution is -0.0705. The Morgan fingerprint density at radius 3 is 2.40 bits per heavy atom. The zero-order valence-corrected chi connectivity index (χ0v) is 15.7. The van der Waals surface area contributed by atoms with E-state index in [1.165, 1.54) is 11.1 Å². The van der Waals surface area contributed by atoms with E-state index in [0.29, 0.717) is 12.2 Å². The van der Waals surface area contributed by atoms with Gasteiger partial charge in [-0.1, -0.05) is 29.4 Å². The average molecular weight is 343 g/mol. The Balaban J connectivity index is 1.61. The number of aromatic nitrogens is 1. The van der Waals surface area contributed by atoms with Gasteiger partial charge in [-0.3, -0.25) is 4.90 Å². The molecular formula is C20H29N3O2. The molecule has 5 heteroatoms. The normalized spacial score (nSPS) is 21.6. The van der Waals surface area contributed by atoms with Crippen molar-refractivity contribution in [1.29, 1.82) is 0 Å². The van der Waals surface area contributed by atoms with Crippen LogP contribution in [0, 0.1) is 13.8 Å². The van der Waals surface area contributed by atoms with Gasteiger partial charge < -0.3 is 14.6 Å². The fourth-order valence-electron chi connectivity index (χ4n) is 3.62. The Bertz CT molecular complexity index is 668. The second kappa shape index (κ2) is 8.13. The van der Waals surface area contributed by atoms with Crippen LogP contribution in [0.5, 0.6) is 0 Å². The molecule has 3 rings (SSSR count). The molecule has 136 valence electrons. The monoisotopic (exact) mass is 343 g/mol. The first-order valence-electron chi connectivity index (χ1n) is 9.10. The standard InChI is InChI=1S/C20H29N3O2/c1-14-11-23(12-15(2)24-14)13-19-8-6-5-7-18(19)9-21-10-20-16(3)22-25-17(20)4/h5-8,14-15,21H,9-13H2,1-4H3/t14-,15+. The van der Waals surface area contributed by atoms with Crippen LogP contribution in [0.2, 0.25) is 0 Å². The van der Waals surface area contributed by atoms with E-state index in [0.717, 1.165) is 49.7 Å². The topological polar surface area (TPSA) is 50.5 Å². The summed E-state index contributed by atoms with van der Waals surface area (Å²) in [6.07, 6.45) is 0.599. The number of morpholine rings is 1. The van der Waals surface area contributed by atoms with Crippen molar-refractivity contribution < 1.29 is 9.26 Å². The van der Waals surface area contributed by atoms with Crippen molar-refractivity contribution >= 4 is 0 Å². The molecule has 25 heavy (non-hydrogen) atoms. The van der Waals surface area contributed by atoms with Crippen molar-refractivity contribution in [3.63, 3.8) is 0 Å². The van der Waals surface area contributed by atoms with Gasteiger partial charge in [0.25, 0.3) is 0 Å². The molecule has 0 bridgehead atoms. The van der Waals surface area contributed by atoms with Crippen LogP contribution in [0.4, 0.5) is 0 Å². The maximum atomic E-state index is 5.84. The van der Waals surface area contributed by atoms with Crippen LogP contribution in [0.15, 0.2) is 28.8 Å². The van der Waals surface area contributed by atoms with Crippen molar-refractivity contribution in [2.75, 3.05) is 13.1 Å². The predicted octanol–water partition coefficient (Wildman–Crippen LogP) is 3.19. The lowest BCUT2D eigenvalue weighted by atomic mass is 10.1. The summed E-state index contributed by atoms with van der Waals surface area (Å²) < 4.78 is 11.1.